The standard InChI is InChI=1S/C22H23N3O4/c26-20(27)9-13-2-4-18-16(8-13)21(28)17-10-14(3-5-19(17)29-18)15-11-24-22-23-6-1-7-25(22)12-15/h2-5,8,10,15,22-24H,1,6-7,9,11-12H2,(H,26,27). The molecule has 0 spiro atoms. The number of carboxylic acid groups (broad SMARTS) is 1. The number of fused-ring (bicyclic) bond motifs is 3. The van der Waals surface area contributed by atoms with Gasteiger partial charge in [-0.15, -0.1) is 0 Å². The molecule has 7 heteroatoms. The van der Waals surface area contributed by atoms with Gasteiger partial charge in [0.1, 0.15) is 17.5 Å². The van der Waals surface area contributed by atoms with E-state index in [9.17, 15) is 9.59 Å². The summed E-state index contributed by atoms with van der Waals surface area (Å²) >= 11 is 0. The molecule has 2 fully saturated rings. The van der Waals surface area contributed by atoms with Gasteiger partial charge in [0.05, 0.1) is 17.2 Å². The van der Waals surface area contributed by atoms with Crippen LogP contribution in [0.4, 0.5) is 0 Å². The summed E-state index contributed by atoms with van der Waals surface area (Å²) in [5, 5.41) is 17.0. The Bertz CT molecular complexity index is 1160. The fourth-order valence-electron chi connectivity index (χ4n) is 4.46. The molecule has 150 valence electrons. The SMILES string of the molecule is O=C(O)Cc1ccc2oc3ccc(C4CNC5NCCCN5C4)cc3c(=O)c2c1. The van der Waals surface area contributed by atoms with Crippen LogP contribution in [0.3, 0.4) is 0 Å². The lowest BCUT2D eigenvalue weighted by molar-refractivity contribution is -0.136. The average molecular weight is 393 g/mol. The van der Waals surface area contributed by atoms with E-state index < -0.39 is 5.97 Å². The van der Waals surface area contributed by atoms with Crippen molar-refractivity contribution in [2.24, 2.45) is 0 Å². The minimum absolute atomic E-state index is 0.114. The van der Waals surface area contributed by atoms with E-state index in [0.29, 0.717) is 33.4 Å². The smallest absolute Gasteiger partial charge is 0.307 e. The highest BCUT2D eigenvalue weighted by atomic mass is 16.4. The fraction of sp³-hybridized carbons (Fsp3) is 0.364. The van der Waals surface area contributed by atoms with Gasteiger partial charge in [-0.05, 0) is 48.4 Å². The van der Waals surface area contributed by atoms with Gasteiger partial charge < -0.3 is 9.52 Å². The predicted molar refractivity (Wildman–Crippen MR) is 110 cm³/mol. The summed E-state index contributed by atoms with van der Waals surface area (Å²) in [5.41, 5.74) is 2.62. The van der Waals surface area contributed by atoms with Crippen LogP contribution in [0.5, 0.6) is 0 Å². The van der Waals surface area contributed by atoms with Gasteiger partial charge in [-0.2, -0.15) is 0 Å². The second-order valence-corrected chi connectivity index (χ2v) is 7.90. The van der Waals surface area contributed by atoms with Crippen LogP contribution in [0.15, 0.2) is 45.6 Å². The Morgan fingerprint density at radius 2 is 1.93 bits per heavy atom. The number of rotatable bonds is 3. The molecule has 2 unspecified atom stereocenters. The van der Waals surface area contributed by atoms with Gasteiger partial charge in [0, 0.05) is 25.6 Å². The van der Waals surface area contributed by atoms with Crippen LogP contribution in [0.1, 0.15) is 23.5 Å². The lowest BCUT2D eigenvalue weighted by atomic mass is 9.94. The first kappa shape index (κ1) is 18.3. The van der Waals surface area contributed by atoms with Crippen molar-refractivity contribution in [3.8, 4) is 0 Å². The first-order valence-corrected chi connectivity index (χ1v) is 10.0. The second-order valence-electron chi connectivity index (χ2n) is 7.90. The summed E-state index contributed by atoms with van der Waals surface area (Å²) in [6, 6.07) is 10.9. The maximum atomic E-state index is 13.1. The quantitative estimate of drug-likeness (QED) is 0.585. The van der Waals surface area contributed by atoms with Gasteiger partial charge in [-0.3, -0.25) is 25.1 Å². The van der Waals surface area contributed by atoms with Crippen molar-refractivity contribution in [3.05, 3.63) is 57.7 Å². The zero-order chi connectivity index (χ0) is 20.0. The zero-order valence-corrected chi connectivity index (χ0v) is 16.0. The Morgan fingerprint density at radius 3 is 2.76 bits per heavy atom. The lowest BCUT2D eigenvalue weighted by Crippen LogP contribution is -2.63. The first-order valence-electron chi connectivity index (χ1n) is 10.0. The Hall–Kier alpha value is -2.74. The molecule has 2 aliphatic heterocycles. The fourth-order valence-corrected chi connectivity index (χ4v) is 4.46. The van der Waals surface area contributed by atoms with Gasteiger partial charge in [0.15, 0.2) is 0 Å². The Kier molecular flexibility index (Phi) is 4.58. The molecule has 7 nitrogen and oxygen atoms in total. The van der Waals surface area contributed by atoms with E-state index in [0.717, 1.165) is 38.2 Å². The van der Waals surface area contributed by atoms with Crippen molar-refractivity contribution in [1.82, 2.24) is 15.5 Å². The monoisotopic (exact) mass is 393 g/mol. The zero-order valence-electron chi connectivity index (χ0n) is 16.0. The van der Waals surface area contributed by atoms with E-state index in [4.69, 9.17) is 9.52 Å². The first-order chi connectivity index (χ1) is 14.1. The van der Waals surface area contributed by atoms with Crippen LogP contribution in [0, 0.1) is 0 Å². The molecule has 0 saturated carbocycles. The maximum Gasteiger partial charge on any atom is 0.307 e. The molecule has 5 rings (SSSR count). The third kappa shape index (κ3) is 3.42. The number of carbonyl (C=O) groups is 1. The van der Waals surface area contributed by atoms with Crippen molar-refractivity contribution in [3.63, 3.8) is 0 Å². The largest absolute Gasteiger partial charge is 0.481 e. The van der Waals surface area contributed by atoms with Crippen molar-refractivity contribution in [2.75, 3.05) is 26.2 Å². The normalized spacial score (nSPS) is 22.6. The molecule has 3 heterocycles. The highest BCUT2D eigenvalue weighted by Gasteiger charge is 2.30. The molecule has 3 aromatic rings. The minimum atomic E-state index is -0.924. The number of nitrogens with one attached hydrogen (secondary N) is 2. The van der Waals surface area contributed by atoms with E-state index in [1.165, 1.54) is 0 Å². The van der Waals surface area contributed by atoms with Crippen molar-refractivity contribution in [1.29, 1.82) is 0 Å². The third-order valence-electron chi connectivity index (χ3n) is 5.92. The van der Waals surface area contributed by atoms with Crippen molar-refractivity contribution in [2.45, 2.75) is 25.0 Å². The topological polar surface area (TPSA) is 94.8 Å². The predicted octanol–water partition coefficient (Wildman–Crippen LogP) is 1.84. The highest BCUT2D eigenvalue weighted by Crippen LogP contribution is 2.26. The van der Waals surface area contributed by atoms with Crippen LogP contribution in [0.25, 0.3) is 21.9 Å². The van der Waals surface area contributed by atoms with Gasteiger partial charge in [-0.25, -0.2) is 0 Å². The molecule has 2 saturated heterocycles. The average Bonchev–Trinajstić information content (AvgIpc) is 2.73. The number of benzene rings is 2. The molecule has 2 aliphatic rings. The van der Waals surface area contributed by atoms with E-state index in [1.807, 2.05) is 18.2 Å². The molecular weight excluding hydrogens is 370 g/mol. The molecule has 0 bridgehead atoms. The molecule has 3 N–H and O–H groups in total. The maximum absolute atomic E-state index is 13.1. The molecule has 29 heavy (non-hydrogen) atoms. The molecule has 0 aliphatic carbocycles. The molecule has 1 aromatic heterocycles. The Balaban J connectivity index is 1.53. The highest BCUT2D eigenvalue weighted by molar-refractivity contribution is 5.90. The summed E-state index contributed by atoms with van der Waals surface area (Å²) < 4.78 is 5.93. The van der Waals surface area contributed by atoms with Crippen molar-refractivity contribution >= 4 is 27.9 Å². The van der Waals surface area contributed by atoms with Crippen LogP contribution in [-0.4, -0.2) is 48.4 Å². The van der Waals surface area contributed by atoms with E-state index >= 15 is 0 Å². The second kappa shape index (κ2) is 7.26. The van der Waals surface area contributed by atoms with Crippen LogP contribution in [0.2, 0.25) is 0 Å². The molecule has 0 radical (unpaired) electrons. The summed E-state index contributed by atoms with van der Waals surface area (Å²) in [6.45, 7) is 3.89. The van der Waals surface area contributed by atoms with Gasteiger partial charge in [-0.1, -0.05) is 12.1 Å². The van der Waals surface area contributed by atoms with E-state index in [2.05, 4.69) is 15.5 Å². The molecule has 2 aromatic carbocycles. The number of aliphatic carboxylic acids is 1. The van der Waals surface area contributed by atoms with Crippen LogP contribution < -0.4 is 16.1 Å². The summed E-state index contributed by atoms with van der Waals surface area (Å²) in [6.07, 6.45) is 1.26. The number of hydrogen-bond acceptors (Lipinski definition) is 6. The molecular formula is C22H23N3O4. The molecule has 0 amide bonds. The number of nitrogens with zero attached hydrogens (tertiary/aromatic N) is 1. The van der Waals surface area contributed by atoms with Gasteiger partial charge >= 0.3 is 5.97 Å². The van der Waals surface area contributed by atoms with Crippen LogP contribution >= 0.6 is 0 Å². The van der Waals surface area contributed by atoms with Crippen LogP contribution in [-0.2, 0) is 11.2 Å². The van der Waals surface area contributed by atoms with Gasteiger partial charge in [0.25, 0.3) is 0 Å². The van der Waals surface area contributed by atoms with E-state index in [1.54, 1.807) is 18.2 Å². The summed E-state index contributed by atoms with van der Waals surface area (Å²) in [5.74, 6) is -0.629. The lowest BCUT2D eigenvalue weighted by Gasteiger charge is -2.43. The molecule has 2 atom stereocenters. The van der Waals surface area contributed by atoms with E-state index in [-0.39, 0.29) is 18.1 Å². The summed E-state index contributed by atoms with van der Waals surface area (Å²) in [4.78, 5) is 26.6. The Labute approximate surface area is 167 Å². The van der Waals surface area contributed by atoms with Crippen molar-refractivity contribution < 1.29 is 14.3 Å². The van der Waals surface area contributed by atoms with Gasteiger partial charge in [0.2, 0.25) is 5.43 Å². The Morgan fingerprint density at radius 1 is 1.14 bits per heavy atom. The third-order valence-corrected chi connectivity index (χ3v) is 5.92. The summed E-state index contributed by atoms with van der Waals surface area (Å²) in [7, 11) is 0. The number of hydrogen-bond donors (Lipinski definition) is 3. The minimum Gasteiger partial charge on any atom is -0.481 e. The number of carboxylic acids is 1.